The first kappa shape index (κ1) is 9.13. The van der Waals surface area contributed by atoms with Gasteiger partial charge in [-0.3, -0.25) is 0 Å². The van der Waals surface area contributed by atoms with E-state index in [4.69, 9.17) is 0 Å². The maximum atomic E-state index is 9.41. The molecule has 0 saturated carbocycles. The number of hydrogen-bond acceptors (Lipinski definition) is 3. The molecule has 0 aliphatic carbocycles. The highest BCUT2D eigenvalue weighted by Gasteiger charge is 2.04. The van der Waals surface area contributed by atoms with Crippen LogP contribution in [0.2, 0.25) is 0 Å². The van der Waals surface area contributed by atoms with Gasteiger partial charge in [0.2, 0.25) is 0 Å². The number of aliphatic hydroxyl groups excluding tert-OH is 1. The van der Waals surface area contributed by atoms with Gasteiger partial charge in [-0.25, -0.2) is 9.97 Å². The topological polar surface area (TPSA) is 46.0 Å². The minimum absolute atomic E-state index is 0.420. The molecule has 1 aromatic heterocycles. The van der Waals surface area contributed by atoms with Crippen LogP contribution >= 0.6 is 0 Å². The molecule has 0 aliphatic heterocycles. The molecule has 0 aromatic carbocycles. The number of nitrogens with zero attached hydrogens (tertiary/aromatic N) is 2. The van der Waals surface area contributed by atoms with Gasteiger partial charge in [0.1, 0.15) is 5.82 Å². The molecule has 0 saturated heterocycles. The molecule has 1 aromatic rings. The van der Waals surface area contributed by atoms with Crippen molar-refractivity contribution in [2.75, 3.05) is 0 Å². The minimum atomic E-state index is -0.420. The van der Waals surface area contributed by atoms with Gasteiger partial charge in [0.05, 0.1) is 6.10 Å². The molecule has 3 nitrogen and oxygen atoms in total. The third kappa shape index (κ3) is 2.01. The van der Waals surface area contributed by atoms with Crippen LogP contribution in [-0.4, -0.2) is 15.1 Å². The zero-order valence-electron chi connectivity index (χ0n) is 7.49. The van der Waals surface area contributed by atoms with E-state index in [1.54, 1.807) is 12.4 Å². The third-order valence-corrected chi connectivity index (χ3v) is 1.81. The summed E-state index contributed by atoms with van der Waals surface area (Å²) in [6, 6.07) is 0. The molecule has 0 radical (unpaired) electrons. The van der Waals surface area contributed by atoms with Crippen molar-refractivity contribution in [2.45, 2.75) is 32.8 Å². The van der Waals surface area contributed by atoms with Gasteiger partial charge >= 0.3 is 0 Å². The van der Waals surface area contributed by atoms with Gasteiger partial charge in [0, 0.05) is 24.4 Å². The lowest BCUT2D eigenvalue weighted by molar-refractivity contribution is 0.173. The van der Waals surface area contributed by atoms with E-state index >= 15 is 0 Å². The molecule has 0 unspecified atom stereocenters. The summed E-state index contributed by atoms with van der Waals surface area (Å²) < 4.78 is 0. The first-order valence-electron chi connectivity index (χ1n) is 4.26. The van der Waals surface area contributed by atoms with Crippen LogP contribution in [0.1, 0.15) is 37.8 Å². The van der Waals surface area contributed by atoms with Crippen LogP contribution in [-0.2, 0) is 6.42 Å². The van der Waals surface area contributed by atoms with E-state index in [1.165, 1.54) is 0 Å². The summed E-state index contributed by atoms with van der Waals surface area (Å²) in [7, 11) is 0. The summed E-state index contributed by atoms with van der Waals surface area (Å²) in [5.74, 6) is 0.821. The molecule has 0 amide bonds. The summed E-state index contributed by atoms with van der Waals surface area (Å²) in [6.07, 6.45) is 4.51. The second-order valence-corrected chi connectivity index (χ2v) is 2.71. The zero-order chi connectivity index (χ0) is 8.97. The van der Waals surface area contributed by atoms with Crippen LogP contribution in [0.15, 0.2) is 12.4 Å². The van der Waals surface area contributed by atoms with Crippen LogP contribution in [0.3, 0.4) is 0 Å². The van der Waals surface area contributed by atoms with Crippen molar-refractivity contribution < 1.29 is 5.11 Å². The Kier molecular flexibility index (Phi) is 3.17. The molecule has 1 rings (SSSR count). The molecule has 3 heteroatoms. The number of aromatic nitrogens is 2. The van der Waals surface area contributed by atoms with E-state index in [0.717, 1.165) is 17.8 Å². The highest BCUT2D eigenvalue weighted by Crippen LogP contribution is 2.13. The zero-order valence-corrected chi connectivity index (χ0v) is 7.49. The lowest BCUT2D eigenvalue weighted by Crippen LogP contribution is -1.99. The molecular weight excluding hydrogens is 152 g/mol. The summed E-state index contributed by atoms with van der Waals surface area (Å²) >= 11 is 0. The third-order valence-electron chi connectivity index (χ3n) is 1.81. The number of hydrogen-bond donors (Lipinski definition) is 1. The molecular formula is C9H14N2O. The van der Waals surface area contributed by atoms with Crippen molar-refractivity contribution in [1.29, 1.82) is 0 Å². The first-order valence-corrected chi connectivity index (χ1v) is 4.26. The Balaban J connectivity index is 2.77. The smallest absolute Gasteiger partial charge is 0.127 e. The van der Waals surface area contributed by atoms with E-state index < -0.39 is 6.10 Å². The Morgan fingerprint density at radius 1 is 1.33 bits per heavy atom. The maximum Gasteiger partial charge on any atom is 0.127 e. The fraction of sp³-hybridized carbons (Fsp3) is 0.556. The SMILES string of the molecule is CCc1ncc([C@@H](O)CC)cn1. The van der Waals surface area contributed by atoms with Crippen molar-refractivity contribution in [2.24, 2.45) is 0 Å². The predicted molar refractivity (Wildman–Crippen MR) is 46.7 cm³/mol. The van der Waals surface area contributed by atoms with Crippen molar-refractivity contribution in [3.63, 3.8) is 0 Å². The van der Waals surface area contributed by atoms with E-state index in [2.05, 4.69) is 9.97 Å². The van der Waals surface area contributed by atoms with Crippen LogP contribution < -0.4 is 0 Å². The molecule has 1 N–H and O–H groups in total. The fourth-order valence-corrected chi connectivity index (χ4v) is 0.955. The van der Waals surface area contributed by atoms with Crippen molar-refractivity contribution in [1.82, 2.24) is 9.97 Å². The predicted octanol–water partition coefficient (Wildman–Crippen LogP) is 1.48. The lowest BCUT2D eigenvalue weighted by atomic mass is 10.1. The first-order chi connectivity index (χ1) is 5.77. The van der Waals surface area contributed by atoms with Crippen molar-refractivity contribution in [3.8, 4) is 0 Å². The Morgan fingerprint density at radius 2 is 1.92 bits per heavy atom. The summed E-state index contributed by atoms with van der Waals surface area (Å²) in [5.41, 5.74) is 0.801. The van der Waals surface area contributed by atoms with Gasteiger partial charge < -0.3 is 5.11 Å². The molecule has 0 spiro atoms. The lowest BCUT2D eigenvalue weighted by Gasteiger charge is -2.06. The number of aliphatic hydroxyl groups is 1. The van der Waals surface area contributed by atoms with Gasteiger partial charge in [0.15, 0.2) is 0 Å². The average Bonchev–Trinajstić information content (AvgIpc) is 2.17. The highest BCUT2D eigenvalue weighted by molar-refractivity contribution is 5.08. The molecule has 12 heavy (non-hydrogen) atoms. The Bertz CT molecular complexity index is 233. The summed E-state index contributed by atoms with van der Waals surface area (Å²) in [4.78, 5) is 8.19. The molecule has 0 bridgehead atoms. The standard InChI is InChI=1S/C9H14N2O/c1-3-8(12)7-5-10-9(4-2)11-6-7/h5-6,8,12H,3-4H2,1-2H3/t8-/m0/s1. The average molecular weight is 166 g/mol. The Hall–Kier alpha value is -0.960. The van der Waals surface area contributed by atoms with Crippen molar-refractivity contribution in [3.05, 3.63) is 23.8 Å². The van der Waals surface area contributed by atoms with Gasteiger partial charge in [0.25, 0.3) is 0 Å². The van der Waals surface area contributed by atoms with E-state index in [9.17, 15) is 5.11 Å². The molecule has 66 valence electrons. The molecule has 0 fully saturated rings. The fourth-order valence-electron chi connectivity index (χ4n) is 0.955. The molecule has 0 aliphatic rings. The van der Waals surface area contributed by atoms with E-state index in [-0.39, 0.29) is 0 Å². The number of aryl methyl sites for hydroxylation is 1. The second kappa shape index (κ2) is 4.16. The second-order valence-electron chi connectivity index (χ2n) is 2.71. The quantitative estimate of drug-likeness (QED) is 0.739. The summed E-state index contributed by atoms with van der Waals surface area (Å²) in [5, 5.41) is 9.41. The van der Waals surface area contributed by atoms with Gasteiger partial charge in [-0.15, -0.1) is 0 Å². The normalized spacial score (nSPS) is 12.9. The highest BCUT2D eigenvalue weighted by atomic mass is 16.3. The number of rotatable bonds is 3. The van der Waals surface area contributed by atoms with Crippen molar-refractivity contribution >= 4 is 0 Å². The monoisotopic (exact) mass is 166 g/mol. The van der Waals surface area contributed by atoms with Crippen LogP contribution in [0, 0.1) is 0 Å². The van der Waals surface area contributed by atoms with E-state index in [0.29, 0.717) is 6.42 Å². The van der Waals surface area contributed by atoms with E-state index in [1.807, 2.05) is 13.8 Å². The largest absolute Gasteiger partial charge is 0.388 e. The Morgan fingerprint density at radius 3 is 2.33 bits per heavy atom. The maximum absolute atomic E-state index is 9.41. The summed E-state index contributed by atoms with van der Waals surface area (Å²) in [6.45, 7) is 3.93. The molecule has 1 heterocycles. The van der Waals surface area contributed by atoms with Crippen LogP contribution in [0.5, 0.6) is 0 Å². The van der Waals surface area contributed by atoms with Gasteiger partial charge in [-0.1, -0.05) is 13.8 Å². The van der Waals surface area contributed by atoms with Gasteiger partial charge in [-0.05, 0) is 6.42 Å². The van der Waals surface area contributed by atoms with Crippen LogP contribution in [0.4, 0.5) is 0 Å². The molecule has 1 atom stereocenters. The Labute approximate surface area is 72.5 Å². The van der Waals surface area contributed by atoms with Gasteiger partial charge in [-0.2, -0.15) is 0 Å². The minimum Gasteiger partial charge on any atom is -0.388 e. The van der Waals surface area contributed by atoms with Crippen LogP contribution in [0.25, 0.3) is 0 Å².